The molecule has 5 heteroatoms. The van der Waals surface area contributed by atoms with Gasteiger partial charge in [0.1, 0.15) is 5.69 Å². The molecule has 1 heterocycles. The van der Waals surface area contributed by atoms with Crippen LogP contribution in [-0.2, 0) is 0 Å². The highest BCUT2D eigenvalue weighted by molar-refractivity contribution is 5.59. The monoisotopic (exact) mass is 227 g/mol. The molecule has 2 aromatic rings. The van der Waals surface area contributed by atoms with Crippen molar-refractivity contribution in [3.05, 3.63) is 53.7 Å². The van der Waals surface area contributed by atoms with Crippen LogP contribution in [0.3, 0.4) is 0 Å². The lowest BCUT2D eigenvalue weighted by atomic mass is 10.1. The van der Waals surface area contributed by atoms with Crippen LogP contribution in [0.1, 0.15) is 0 Å². The average molecular weight is 227 g/mol. The van der Waals surface area contributed by atoms with Crippen LogP contribution in [-0.4, -0.2) is 4.98 Å². The molecular formula is C11H5F4N. The minimum absolute atomic E-state index is 0.179. The second kappa shape index (κ2) is 3.92. The number of hydrogen-bond acceptors (Lipinski definition) is 1. The summed E-state index contributed by atoms with van der Waals surface area (Å²) in [5, 5.41) is 0. The van der Waals surface area contributed by atoms with Crippen molar-refractivity contribution in [2.45, 2.75) is 0 Å². The molecule has 2 rings (SSSR count). The van der Waals surface area contributed by atoms with Gasteiger partial charge < -0.3 is 0 Å². The molecule has 0 aliphatic carbocycles. The molecule has 0 unspecified atom stereocenters. The molecule has 0 aliphatic rings. The Morgan fingerprint density at radius 2 is 1.38 bits per heavy atom. The first kappa shape index (κ1) is 10.6. The van der Waals surface area contributed by atoms with Gasteiger partial charge in [-0.05, 0) is 0 Å². The molecule has 0 saturated carbocycles. The topological polar surface area (TPSA) is 12.9 Å². The van der Waals surface area contributed by atoms with E-state index in [0.717, 1.165) is 0 Å². The Kier molecular flexibility index (Phi) is 2.60. The quantitative estimate of drug-likeness (QED) is 0.538. The van der Waals surface area contributed by atoms with E-state index in [2.05, 4.69) is 4.98 Å². The van der Waals surface area contributed by atoms with Crippen LogP contribution in [0, 0.1) is 23.4 Å². The first-order valence-corrected chi connectivity index (χ1v) is 4.36. The van der Waals surface area contributed by atoms with Gasteiger partial charge in [0.25, 0.3) is 5.95 Å². The largest absolute Gasteiger partial charge is 0.252 e. The predicted molar refractivity (Wildman–Crippen MR) is 49.5 cm³/mol. The third-order valence-electron chi connectivity index (χ3n) is 2.03. The molecule has 16 heavy (non-hydrogen) atoms. The molecule has 0 atom stereocenters. The summed E-state index contributed by atoms with van der Waals surface area (Å²) >= 11 is 0. The smallest absolute Gasteiger partial charge is 0.214 e. The van der Waals surface area contributed by atoms with Gasteiger partial charge in [-0.3, -0.25) is 0 Å². The van der Waals surface area contributed by atoms with E-state index < -0.39 is 29.1 Å². The van der Waals surface area contributed by atoms with E-state index in [4.69, 9.17) is 0 Å². The SMILES string of the molecule is Fc1nc(-c2ccccc2)c(F)c(F)c1F. The summed E-state index contributed by atoms with van der Waals surface area (Å²) in [6.45, 7) is 0. The number of aromatic nitrogens is 1. The van der Waals surface area contributed by atoms with Crippen molar-refractivity contribution in [1.82, 2.24) is 4.98 Å². The highest BCUT2D eigenvalue weighted by atomic mass is 19.2. The fourth-order valence-electron chi connectivity index (χ4n) is 1.27. The molecule has 0 fully saturated rings. The van der Waals surface area contributed by atoms with Gasteiger partial charge in [0.05, 0.1) is 0 Å². The third kappa shape index (κ3) is 1.64. The minimum atomic E-state index is -1.91. The minimum Gasteiger partial charge on any atom is -0.214 e. The molecule has 0 bridgehead atoms. The third-order valence-corrected chi connectivity index (χ3v) is 2.03. The molecular weight excluding hydrogens is 222 g/mol. The van der Waals surface area contributed by atoms with E-state index in [9.17, 15) is 17.6 Å². The molecule has 0 saturated heterocycles. The van der Waals surface area contributed by atoms with Gasteiger partial charge in [0.15, 0.2) is 5.82 Å². The Morgan fingerprint density at radius 3 is 2.00 bits per heavy atom. The Bertz CT molecular complexity index is 525. The molecule has 0 amide bonds. The van der Waals surface area contributed by atoms with E-state index in [1.54, 1.807) is 18.2 Å². The summed E-state index contributed by atoms with van der Waals surface area (Å²) in [6, 6.07) is 7.59. The zero-order valence-electron chi connectivity index (χ0n) is 7.85. The normalized spacial score (nSPS) is 10.5. The van der Waals surface area contributed by atoms with Crippen molar-refractivity contribution >= 4 is 0 Å². The van der Waals surface area contributed by atoms with Crippen LogP contribution in [0.15, 0.2) is 30.3 Å². The number of rotatable bonds is 1. The van der Waals surface area contributed by atoms with Crippen LogP contribution in [0.2, 0.25) is 0 Å². The van der Waals surface area contributed by atoms with Crippen molar-refractivity contribution in [2.24, 2.45) is 0 Å². The summed E-state index contributed by atoms with van der Waals surface area (Å²) in [5.74, 6) is -6.91. The molecule has 0 radical (unpaired) electrons. The zero-order valence-corrected chi connectivity index (χ0v) is 7.85. The van der Waals surface area contributed by atoms with Crippen molar-refractivity contribution < 1.29 is 17.6 Å². The first-order chi connectivity index (χ1) is 7.61. The van der Waals surface area contributed by atoms with Crippen LogP contribution in [0.4, 0.5) is 17.6 Å². The highest BCUT2D eigenvalue weighted by Gasteiger charge is 2.21. The van der Waals surface area contributed by atoms with Gasteiger partial charge in [0.2, 0.25) is 11.6 Å². The van der Waals surface area contributed by atoms with Crippen molar-refractivity contribution in [1.29, 1.82) is 0 Å². The molecule has 1 aromatic carbocycles. The second-order valence-corrected chi connectivity index (χ2v) is 3.06. The predicted octanol–water partition coefficient (Wildman–Crippen LogP) is 3.31. The number of halogens is 4. The number of hydrogen-bond donors (Lipinski definition) is 0. The van der Waals surface area contributed by atoms with Crippen molar-refractivity contribution in [3.63, 3.8) is 0 Å². The van der Waals surface area contributed by atoms with E-state index in [0.29, 0.717) is 0 Å². The van der Waals surface area contributed by atoms with Gasteiger partial charge >= 0.3 is 0 Å². The van der Waals surface area contributed by atoms with Crippen molar-refractivity contribution in [3.8, 4) is 11.3 Å². The lowest BCUT2D eigenvalue weighted by molar-refractivity contribution is 0.393. The summed E-state index contributed by atoms with van der Waals surface area (Å²) in [5.41, 5.74) is -0.366. The van der Waals surface area contributed by atoms with Crippen molar-refractivity contribution in [2.75, 3.05) is 0 Å². The van der Waals surface area contributed by atoms with Gasteiger partial charge in [-0.1, -0.05) is 30.3 Å². The molecule has 82 valence electrons. The Morgan fingerprint density at radius 1 is 0.750 bits per heavy atom. The van der Waals surface area contributed by atoms with Gasteiger partial charge in [-0.25, -0.2) is 13.8 Å². The molecule has 0 aliphatic heterocycles. The summed E-state index contributed by atoms with van der Waals surface area (Å²) in [7, 11) is 0. The first-order valence-electron chi connectivity index (χ1n) is 4.36. The summed E-state index contributed by atoms with van der Waals surface area (Å²) in [4.78, 5) is 3.05. The Balaban J connectivity index is 2.68. The number of benzene rings is 1. The highest BCUT2D eigenvalue weighted by Crippen LogP contribution is 2.24. The fourth-order valence-corrected chi connectivity index (χ4v) is 1.27. The van der Waals surface area contributed by atoms with E-state index >= 15 is 0 Å². The summed E-state index contributed by atoms with van der Waals surface area (Å²) in [6.07, 6.45) is 0. The van der Waals surface area contributed by atoms with E-state index in [1.165, 1.54) is 12.1 Å². The van der Waals surface area contributed by atoms with E-state index in [-0.39, 0.29) is 5.56 Å². The number of pyridine rings is 1. The second-order valence-electron chi connectivity index (χ2n) is 3.06. The van der Waals surface area contributed by atoms with Crippen LogP contribution < -0.4 is 0 Å². The molecule has 1 aromatic heterocycles. The molecule has 1 nitrogen and oxygen atoms in total. The Labute approximate surface area is 88.4 Å². The van der Waals surface area contributed by atoms with Crippen LogP contribution >= 0.6 is 0 Å². The average Bonchev–Trinajstić information content (AvgIpc) is 2.32. The fraction of sp³-hybridized carbons (Fsp3) is 0. The van der Waals surface area contributed by atoms with Gasteiger partial charge in [0, 0.05) is 5.56 Å². The lowest BCUT2D eigenvalue weighted by Crippen LogP contribution is -2.02. The van der Waals surface area contributed by atoms with Crippen LogP contribution in [0.5, 0.6) is 0 Å². The van der Waals surface area contributed by atoms with Crippen LogP contribution in [0.25, 0.3) is 11.3 Å². The Hall–Kier alpha value is -1.91. The molecule has 0 spiro atoms. The lowest BCUT2D eigenvalue weighted by Gasteiger charge is -2.04. The summed E-state index contributed by atoms with van der Waals surface area (Å²) < 4.78 is 51.6. The maximum atomic E-state index is 13.3. The number of nitrogens with zero attached hydrogens (tertiary/aromatic N) is 1. The molecule has 0 N–H and O–H groups in total. The maximum Gasteiger partial charge on any atom is 0.252 e. The standard InChI is InChI=1S/C11H5F4N/c12-7-8(13)10(16-11(15)9(7)14)6-4-2-1-3-5-6/h1-5H. The maximum absolute atomic E-state index is 13.3. The van der Waals surface area contributed by atoms with Gasteiger partial charge in [-0.2, -0.15) is 8.78 Å². The zero-order chi connectivity index (χ0) is 11.7. The van der Waals surface area contributed by atoms with Gasteiger partial charge in [-0.15, -0.1) is 0 Å². The van der Waals surface area contributed by atoms with E-state index in [1.807, 2.05) is 0 Å².